The largest absolute Gasteiger partial charge is 0.389 e. The normalized spacial score (nSPS) is 18.7. The maximum atomic E-state index is 12.5. The first kappa shape index (κ1) is 14.8. The van der Waals surface area contributed by atoms with Crippen LogP contribution in [0.3, 0.4) is 0 Å². The van der Waals surface area contributed by atoms with Gasteiger partial charge in [0, 0.05) is 31.4 Å². The fourth-order valence-corrected chi connectivity index (χ4v) is 2.68. The molecule has 0 spiro atoms. The molecule has 20 heavy (non-hydrogen) atoms. The van der Waals surface area contributed by atoms with Crippen LogP contribution >= 0.6 is 12.2 Å². The van der Waals surface area contributed by atoms with Gasteiger partial charge in [-0.05, 0) is 30.9 Å². The molecule has 2 amide bonds. The molecule has 1 saturated heterocycles. The van der Waals surface area contributed by atoms with E-state index >= 15 is 0 Å². The predicted molar refractivity (Wildman–Crippen MR) is 86.1 cm³/mol. The highest BCUT2D eigenvalue weighted by Crippen LogP contribution is 2.20. The first-order valence-corrected chi connectivity index (χ1v) is 7.32. The van der Waals surface area contributed by atoms with Crippen molar-refractivity contribution >= 4 is 28.9 Å². The fraction of sp³-hybridized carbons (Fsp3) is 0.467. The molecule has 1 heterocycles. The van der Waals surface area contributed by atoms with Gasteiger partial charge in [0.1, 0.15) is 4.99 Å². The lowest BCUT2D eigenvalue weighted by Gasteiger charge is -2.34. The molecular formula is C15H21N3OS. The van der Waals surface area contributed by atoms with Crippen molar-refractivity contribution in [1.29, 1.82) is 0 Å². The van der Waals surface area contributed by atoms with Gasteiger partial charge in [0.2, 0.25) is 0 Å². The van der Waals surface area contributed by atoms with Gasteiger partial charge in [-0.15, -0.1) is 0 Å². The molecule has 0 aliphatic carbocycles. The zero-order chi connectivity index (χ0) is 14.7. The van der Waals surface area contributed by atoms with Gasteiger partial charge < -0.3 is 10.6 Å². The van der Waals surface area contributed by atoms with Crippen LogP contribution in [0.15, 0.2) is 24.3 Å². The van der Waals surface area contributed by atoms with Crippen molar-refractivity contribution in [2.45, 2.75) is 19.8 Å². The number of nitrogens with zero attached hydrogens (tertiary/aromatic N) is 2. The van der Waals surface area contributed by atoms with Crippen LogP contribution in [0.4, 0.5) is 10.5 Å². The Labute approximate surface area is 125 Å². The highest BCUT2D eigenvalue weighted by atomic mass is 32.1. The van der Waals surface area contributed by atoms with Crippen LogP contribution in [0.5, 0.6) is 0 Å². The van der Waals surface area contributed by atoms with E-state index in [1.54, 1.807) is 11.9 Å². The summed E-state index contributed by atoms with van der Waals surface area (Å²) < 4.78 is 0. The van der Waals surface area contributed by atoms with Crippen molar-refractivity contribution in [3.63, 3.8) is 0 Å². The molecule has 4 nitrogen and oxygen atoms in total. The minimum absolute atomic E-state index is 0.0386. The minimum Gasteiger partial charge on any atom is -0.389 e. The average molecular weight is 291 g/mol. The van der Waals surface area contributed by atoms with E-state index in [1.807, 2.05) is 29.2 Å². The molecule has 2 rings (SSSR count). The molecule has 1 aliphatic rings. The van der Waals surface area contributed by atoms with Crippen LogP contribution in [0.2, 0.25) is 0 Å². The Balaban J connectivity index is 2.13. The zero-order valence-electron chi connectivity index (χ0n) is 12.0. The lowest BCUT2D eigenvalue weighted by atomic mass is 10.0. The molecule has 1 fully saturated rings. The zero-order valence-corrected chi connectivity index (χ0v) is 12.8. The number of amides is 2. The molecule has 1 unspecified atom stereocenters. The number of piperidine rings is 1. The highest BCUT2D eigenvalue weighted by molar-refractivity contribution is 7.80. The average Bonchev–Trinajstić information content (AvgIpc) is 2.45. The summed E-state index contributed by atoms with van der Waals surface area (Å²) in [5.74, 6) is 0.573. The summed E-state index contributed by atoms with van der Waals surface area (Å²) in [6.45, 7) is 3.85. The molecule has 2 N–H and O–H groups in total. The van der Waals surface area contributed by atoms with E-state index in [2.05, 4.69) is 6.92 Å². The number of carbonyl (C=O) groups is 1. The van der Waals surface area contributed by atoms with Crippen molar-refractivity contribution in [1.82, 2.24) is 4.90 Å². The molecule has 1 aromatic carbocycles. The van der Waals surface area contributed by atoms with Gasteiger partial charge >= 0.3 is 6.03 Å². The van der Waals surface area contributed by atoms with E-state index in [9.17, 15) is 4.79 Å². The van der Waals surface area contributed by atoms with Gasteiger partial charge in [0.25, 0.3) is 0 Å². The van der Waals surface area contributed by atoms with Crippen molar-refractivity contribution in [3.05, 3.63) is 29.8 Å². The molecule has 1 aromatic rings. The van der Waals surface area contributed by atoms with Crippen LogP contribution in [0.1, 0.15) is 25.3 Å². The SMILES string of the molecule is CC1CCCN(C(=O)N(C)c2cccc(C(N)=S)c2)C1. The topological polar surface area (TPSA) is 49.6 Å². The Bertz CT molecular complexity index is 518. The van der Waals surface area contributed by atoms with E-state index in [-0.39, 0.29) is 6.03 Å². The second-order valence-corrected chi connectivity index (χ2v) is 5.89. The number of rotatable bonds is 2. The molecule has 0 radical (unpaired) electrons. The first-order valence-electron chi connectivity index (χ1n) is 6.91. The smallest absolute Gasteiger partial charge is 0.324 e. The number of carbonyl (C=O) groups excluding carboxylic acids is 1. The fourth-order valence-electron chi connectivity index (χ4n) is 2.55. The number of hydrogen-bond acceptors (Lipinski definition) is 2. The van der Waals surface area contributed by atoms with Crippen molar-refractivity contribution in [3.8, 4) is 0 Å². The second-order valence-electron chi connectivity index (χ2n) is 5.45. The third-order valence-corrected chi connectivity index (χ3v) is 3.97. The van der Waals surface area contributed by atoms with Crippen LogP contribution < -0.4 is 10.6 Å². The number of likely N-dealkylation sites (tertiary alicyclic amines) is 1. The monoisotopic (exact) mass is 291 g/mol. The van der Waals surface area contributed by atoms with E-state index in [0.29, 0.717) is 10.9 Å². The van der Waals surface area contributed by atoms with Crippen LogP contribution in [-0.4, -0.2) is 36.1 Å². The Morgan fingerprint density at radius 3 is 2.90 bits per heavy atom. The molecule has 0 aromatic heterocycles. The van der Waals surface area contributed by atoms with Gasteiger partial charge in [-0.25, -0.2) is 4.79 Å². The minimum atomic E-state index is 0.0386. The maximum absolute atomic E-state index is 12.5. The molecule has 0 saturated carbocycles. The molecule has 0 bridgehead atoms. The Morgan fingerprint density at radius 1 is 1.50 bits per heavy atom. The van der Waals surface area contributed by atoms with Crippen molar-refractivity contribution in [2.75, 3.05) is 25.0 Å². The van der Waals surface area contributed by atoms with Gasteiger partial charge in [-0.3, -0.25) is 4.90 Å². The van der Waals surface area contributed by atoms with E-state index in [0.717, 1.165) is 30.8 Å². The molecule has 1 aliphatic heterocycles. The number of anilines is 1. The summed E-state index contributed by atoms with van der Waals surface area (Å²) in [5, 5.41) is 0. The second kappa shape index (κ2) is 6.22. The molecule has 108 valence electrons. The molecular weight excluding hydrogens is 270 g/mol. The third kappa shape index (κ3) is 3.28. The van der Waals surface area contributed by atoms with Gasteiger partial charge in [0.05, 0.1) is 0 Å². The van der Waals surface area contributed by atoms with Crippen LogP contribution in [0, 0.1) is 5.92 Å². The number of urea groups is 1. The van der Waals surface area contributed by atoms with Gasteiger partial charge in [-0.1, -0.05) is 31.3 Å². The predicted octanol–water partition coefficient (Wildman–Crippen LogP) is 2.61. The lowest BCUT2D eigenvalue weighted by molar-refractivity contribution is 0.177. The number of nitrogens with two attached hydrogens (primary N) is 1. The highest BCUT2D eigenvalue weighted by Gasteiger charge is 2.24. The number of hydrogen-bond donors (Lipinski definition) is 1. The number of benzene rings is 1. The summed E-state index contributed by atoms with van der Waals surface area (Å²) in [5.41, 5.74) is 7.24. The molecule has 1 atom stereocenters. The summed E-state index contributed by atoms with van der Waals surface area (Å²) in [6.07, 6.45) is 2.28. The van der Waals surface area contributed by atoms with E-state index < -0.39 is 0 Å². The Morgan fingerprint density at radius 2 is 2.25 bits per heavy atom. The lowest BCUT2D eigenvalue weighted by Crippen LogP contribution is -2.46. The van der Waals surface area contributed by atoms with E-state index in [1.165, 1.54) is 6.42 Å². The Kier molecular flexibility index (Phi) is 4.60. The third-order valence-electron chi connectivity index (χ3n) is 3.73. The number of thiocarbonyl (C=S) groups is 1. The summed E-state index contributed by atoms with van der Waals surface area (Å²) in [4.78, 5) is 16.4. The van der Waals surface area contributed by atoms with Crippen LogP contribution in [0.25, 0.3) is 0 Å². The molecule has 5 heteroatoms. The van der Waals surface area contributed by atoms with Crippen LogP contribution in [-0.2, 0) is 0 Å². The van der Waals surface area contributed by atoms with E-state index in [4.69, 9.17) is 18.0 Å². The summed E-state index contributed by atoms with van der Waals surface area (Å²) >= 11 is 4.98. The first-order chi connectivity index (χ1) is 9.49. The Hall–Kier alpha value is -1.62. The van der Waals surface area contributed by atoms with Gasteiger partial charge in [0.15, 0.2) is 0 Å². The summed E-state index contributed by atoms with van der Waals surface area (Å²) in [6, 6.07) is 7.51. The quantitative estimate of drug-likeness (QED) is 0.852. The maximum Gasteiger partial charge on any atom is 0.324 e. The summed E-state index contributed by atoms with van der Waals surface area (Å²) in [7, 11) is 1.79. The van der Waals surface area contributed by atoms with Crippen molar-refractivity contribution in [2.24, 2.45) is 11.7 Å². The van der Waals surface area contributed by atoms with Gasteiger partial charge in [-0.2, -0.15) is 0 Å². The van der Waals surface area contributed by atoms with Crippen molar-refractivity contribution < 1.29 is 4.79 Å². The standard InChI is InChI=1S/C15H21N3OS/c1-11-5-4-8-18(10-11)15(19)17(2)13-7-3-6-12(9-13)14(16)20/h3,6-7,9,11H,4-5,8,10H2,1-2H3,(H2,16,20).